The Morgan fingerprint density at radius 3 is 2.77 bits per heavy atom. The van der Waals surface area contributed by atoms with E-state index in [0.29, 0.717) is 13.1 Å². The molecule has 0 radical (unpaired) electrons. The largest absolute Gasteiger partial charge is 0.357 e. The molecule has 22 heavy (non-hydrogen) atoms. The van der Waals surface area contributed by atoms with E-state index in [-0.39, 0.29) is 0 Å². The number of hydrogen-bond donors (Lipinski definition) is 2. The summed E-state index contributed by atoms with van der Waals surface area (Å²) in [5.74, 6) is 1.62. The zero-order valence-corrected chi connectivity index (χ0v) is 14.4. The second kappa shape index (κ2) is 7.88. The molecule has 2 rings (SSSR count). The Hall–Kier alpha value is -1.96. The van der Waals surface area contributed by atoms with Crippen molar-refractivity contribution in [3.05, 3.63) is 27.7 Å². The minimum absolute atomic E-state index is 0.499. The van der Waals surface area contributed by atoms with E-state index in [2.05, 4.69) is 44.7 Å². The molecule has 0 spiro atoms. The fraction of sp³-hybridized carbons (Fsp3) is 0.571. The van der Waals surface area contributed by atoms with E-state index >= 15 is 0 Å². The lowest BCUT2D eigenvalue weighted by molar-refractivity contribution is 0.694. The zero-order valence-electron chi connectivity index (χ0n) is 13.6. The Kier molecular flexibility index (Phi) is 5.88. The smallest absolute Gasteiger partial charge is 0.192 e. The summed E-state index contributed by atoms with van der Waals surface area (Å²) in [6.45, 7) is 11.1. The Morgan fingerprint density at radius 2 is 2.14 bits per heavy atom. The van der Waals surface area contributed by atoms with Crippen molar-refractivity contribution in [2.75, 3.05) is 6.54 Å². The molecule has 0 saturated carbocycles. The Labute approximate surface area is 134 Å². The van der Waals surface area contributed by atoms with Crippen molar-refractivity contribution in [2.45, 2.75) is 47.3 Å². The van der Waals surface area contributed by atoms with Crippen LogP contribution in [-0.2, 0) is 19.6 Å². The van der Waals surface area contributed by atoms with Crippen LogP contribution in [0.1, 0.15) is 35.3 Å². The number of aryl methyl sites for hydroxylation is 3. The predicted octanol–water partition coefficient (Wildman–Crippen LogP) is 1.63. The van der Waals surface area contributed by atoms with Gasteiger partial charge in [-0.3, -0.25) is 0 Å². The summed E-state index contributed by atoms with van der Waals surface area (Å²) in [5.41, 5.74) is 1.10. The van der Waals surface area contributed by atoms with Crippen LogP contribution in [0.15, 0.2) is 11.3 Å². The van der Waals surface area contributed by atoms with E-state index in [0.717, 1.165) is 35.6 Å². The van der Waals surface area contributed by atoms with Gasteiger partial charge in [0.2, 0.25) is 0 Å². The number of nitrogens with zero attached hydrogens (tertiary/aromatic N) is 5. The Bertz CT molecular complexity index is 609. The lowest BCUT2D eigenvalue weighted by Gasteiger charge is -2.10. The number of nitrogens with one attached hydrogen (secondary N) is 2. The predicted molar refractivity (Wildman–Crippen MR) is 88.9 cm³/mol. The SMILES string of the molecule is CCNC(=NCc1nncn1CC)NCc1nc(C)c(C)s1. The van der Waals surface area contributed by atoms with Gasteiger partial charge in [0.15, 0.2) is 11.8 Å². The molecule has 7 nitrogen and oxygen atoms in total. The van der Waals surface area contributed by atoms with Crippen molar-refractivity contribution < 1.29 is 0 Å². The van der Waals surface area contributed by atoms with E-state index in [4.69, 9.17) is 0 Å². The van der Waals surface area contributed by atoms with Crippen LogP contribution in [-0.4, -0.2) is 32.3 Å². The first kappa shape index (κ1) is 16.4. The summed E-state index contributed by atoms with van der Waals surface area (Å²) in [5, 5.41) is 15.6. The standard InChI is InChI=1S/C14H23N7S/c1-5-15-14(16-7-12-20-18-9-21(12)6-2)17-8-13-19-10(3)11(4)22-13/h9H,5-8H2,1-4H3,(H2,15,16,17). The Morgan fingerprint density at radius 1 is 1.32 bits per heavy atom. The highest BCUT2D eigenvalue weighted by atomic mass is 32.1. The van der Waals surface area contributed by atoms with Gasteiger partial charge in [0.1, 0.15) is 17.9 Å². The average molecular weight is 321 g/mol. The molecule has 0 aliphatic rings. The van der Waals surface area contributed by atoms with Crippen LogP contribution in [0.3, 0.4) is 0 Å². The van der Waals surface area contributed by atoms with Crippen LogP contribution in [0.5, 0.6) is 0 Å². The number of guanidine groups is 1. The highest BCUT2D eigenvalue weighted by Gasteiger charge is 2.06. The molecule has 0 aliphatic carbocycles. The molecular formula is C14H23N7S. The average Bonchev–Trinajstić information content (AvgIpc) is 3.08. The lowest BCUT2D eigenvalue weighted by Crippen LogP contribution is -2.36. The van der Waals surface area contributed by atoms with E-state index in [1.165, 1.54) is 4.88 Å². The number of thiazole rings is 1. The van der Waals surface area contributed by atoms with Crippen molar-refractivity contribution in [3.63, 3.8) is 0 Å². The molecule has 0 bridgehead atoms. The monoisotopic (exact) mass is 321 g/mol. The number of aliphatic imine (C=N–C) groups is 1. The second-order valence-corrected chi connectivity index (χ2v) is 6.12. The van der Waals surface area contributed by atoms with Gasteiger partial charge in [-0.2, -0.15) is 0 Å². The van der Waals surface area contributed by atoms with Gasteiger partial charge in [0.25, 0.3) is 0 Å². The molecule has 0 amide bonds. The van der Waals surface area contributed by atoms with Crippen LogP contribution < -0.4 is 10.6 Å². The van der Waals surface area contributed by atoms with Crippen molar-refractivity contribution >= 4 is 17.3 Å². The molecule has 0 atom stereocenters. The quantitative estimate of drug-likeness (QED) is 0.624. The molecule has 120 valence electrons. The van der Waals surface area contributed by atoms with Gasteiger partial charge >= 0.3 is 0 Å². The zero-order chi connectivity index (χ0) is 15.9. The Balaban J connectivity index is 1.98. The van der Waals surface area contributed by atoms with Crippen LogP contribution in [0.25, 0.3) is 0 Å². The summed E-state index contributed by atoms with van der Waals surface area (Å²) >= 11 is 1.71. The highest BCUT2D eigenvalue weighted by Crippen LogP contribution is 2.15. The van der Waals surface area contributed by atoms with Crippen molar-refractivity contribution in [1.29, 1.82) is 0 Å². The first-order chi connectivity index (χ1) is 10.6. The number of hydrogen-bond acceptors (Lipinski definition) is 5. The molecule has 2 aromatic rings. The normalized spacial score (nSPS) is 11.7. The lowest BCUT2D eigenvalue weighted by atomic mass is 10.4. The van der Waals surface area contributed by atoms with Gasteiger partial charge in [0.05, 0.1) is 12.2 Å². The number of aromatic nitrogens is 4. The third-order valence-corrected chi connectivity index (χ3v) is 4.31. The number of rotatable bonds is 6. The van der Waals surface area contributed by atoms with Gasteiger partial charge in [0, 0.05) is 18.0 Å². The topological polar surface area (TPSA) is 80.0 Å². The highest BCUT2D eigenvalue weighted by molar-refractivity contribution is 7.11. The maximum Gasteiger partial charge on any atom is 0.192 e. The molecule has 0 fully saturated rings. The van der Waals surface area contributed by atoms with E-state index in [1.54, 1.807) is 17.7 Å². The minimum atomic E-state index is 0.499. The van der Waals surface area contributed by atoms with E-state index < -0.39 is 0 Å². The molecule has 0 aliphatic heterocycles. The summed E-state index contributed by atoms with van der Waals surface area (Å²) in [6, 6.07) is 0. The summed E-state index contributed by atoms with van der Waals surface area (Å²) in [7, 11) is 0. The molecular weight excluding hydrogens is 298 g/mol. The summed E-state index contributed by atoms with van der Waals surface area (Å²) in [4.78, 5) is 10.3. The minimum Gasteiger partial charge on any atom is -0.357 e. The van der Waals surface area contributed by atoms with Crippen LogP contribution in [0.2, 0.25) is 0 Å². The molecule has 2 heterocycles. The maximum absolute atomic E-state index is 4.56. The third-order valence-electron chi connectivity index (χ3n) is 3.24. The first-order valence-corrected chi connectivity index (χ1v) is 8.27. The molecule has 2 aromatic heterocycles. The van der Waals surface area contributed by atoms with Gasteiger partial charge < -0.3 is 15.2 Å². The van der Waals surface area contributed by atoms with Gasteiger partial charge in [-0.15, -0.1) is 21.5 Å². The van der Waals surface area contributed by atoms with Gasteiger partial charge in [-0.25, -0.2) is 9.98 Å². The maximum atomic E-state index is 4.56. The summed E-state index contributed by atoms with van der Waals surface area (Å²) < 4.78 is 1.99. The molecule has 2 N–H and O–H groups in total. The molecule has 0 unspecified atom stereocenters. The van der Waals surface area contributed by atoms with Crippen molar-refractivity contribution in [2.24, 2.45) is 4.99 Å². The fourth-order valence-electron chi connectivity index (χ4n) is 1.93. The van der Waals surface area contributed by atoms with Crippen LogP contribution >= 0.6 is 11.3 Å². The van der Waals surface area contributed by atoms with Crippen LogP contribution in [0.4, 0.5) is 0 Å². The van der Waals surface area contributed by atoms with E-state index in [9.17, 15) is 0 Å². The third kappa shape index (κ3) is 4.27. The molecule has 8 heteroatoms. The fourth-order valence-corrected chi connectivity index (χ4v) is 2.80. The van der Waals surface area contributed by atoms with Crippen molar-refractivity contribution in [3.8, 4) is 0 Å². The van der Waals surface area contributed by atoms with Gasteiger partial charge in [-0.05, 0) is 27.7 Å². The molecule has 0 saturated heterocycles. The second-order valence-electron chi connectivity index (χ2n) is 4.83. The van der Waals surface area contributed by atoms with Gasteiger partial charge in [-0.1, -0.05) is 0 Å². The van der Waals surface area contributed by atoms with Crippen molar-refractivity contribution in [1.82, 2.24) is 30.4 Å². The first-order valence-electron chi connectivity index (χ1n) is 7.45. The van der Waals surface area contributed by atoms with Crippen LogP contribution in [0, 0.1) is 13.8 Å². The summed E-state index contributed by atoms with van der Waals surface area (Å²) in [6.07, 6.45) is 1.73. The molecule has 0 aromatic carbocycles. The van der Waals surface area contributed by atoms with E-state index in [1.807, 2.05) is 18.4 Å².